The molecule has 146 valence electrons. The molecule has 5 nitrogen and oxygen atoms in total. The standard InChI is InChI=1S/C23H21FN4O/c1-17-6-8-19(9-7-17)28-11-10-18(16-25)22(28)23(29)27-14-12-26(13-15-27)21-5-3-2-4-20(21)24/h2-11H,12-15H2,1H3. The zero-order chi connectivity index (χ0) is 20.4. The lowest BCUT2D eigenvalue weighted by molar-refractivity contribution is 0.0738. The van der Waals surface area contributed by atoms with Crippen LogP contribution in [0.4, 0.5) is 10.1 Å². The molecule has 0 radical (unpaired) electrons. The van der Waals surface area contributed by atoms with Crippen molar-refractivity contribution in [3.05, 3.63) is 83.4 Å². The molecular formula is C23H21FN4O. The number of aromatic nitrogens is 1. The molecule has 0 spiro atoms. The summed E-state index contributed by atoms with van der Waals surface area (Å²) in [7, 11) is 0. The molecule has 0 N–H and O–H groups in total. The largest absolute Gasteiger partial charge is 0.366 e. The third kappa shape index (κ3) is 3.59. The average Bonchev–Trinajstić information content (AvgIpc) is 3.18. The number of carbonyl (C=O) groups excluding carboxylic acids is 1. The van der Waals surface area contributed by atoms with Crippen LogP contribution in [0, 0.1) is 24.1 Å². The van der Waals surface area contributed by atoms with Crippen LogP contribution in [0.1, 0.15) is 21.6 Å². The van der Waals surface area contributed by atoms with Crippen LogP contribution in [0.15, 0.2) is 60.8 Å². The molecule has 1 amide bonds. The Balaban J connectivity index is 1.56. The van der Waals surface area contributed by atoms with Crippen LogP contribution in [-0.2, 0) is 0 Å². The fourth-order valence-corrected chi connectivity index (χ4v) is 3.67. The number of anilines is 1. The zero-order valence-electron chi connectivity index (χ0n) is 16.2. The molecule has 1 fully saturated rings. The van der Waals surface area contributed by atoms with Gasteiger partial charge in [-0.1, -0.05) is 29.8 Å². The van der Waals surface area contributed by atoms with Crippen LogP contribution in [0.2, 0.25) is 0 Å². The van der Waals surface area contributed by atoms with Crippen molar-refractivity contribution in [1.29, 1.82) is 5.26 Å². The smallest absolute Gasteiger partial charge is 0.272 e. The summed E-state index contributed by atoms with van der Waals surface area (Å²) < 4.78 is 15.8. The molecule has 0 saturated carbocycles. The van der Waals surface area contributed by atoms with Gasteiger partial charge in [-0.2, -0.15) is 5.26 Å². The minimum absolute atomic E-state index is 0.180. The molecule has 0 atom stereocenters. The average molecular weight is 388 g/mol. The molecule has 1 saturated heterocycles. The SMILES string of the molecule is Cc1ccc(-n2ccc(C#N)c2C(=O)N2CCN(c3ccccc3F)CC2)cc1. The number of benzene rings is 2. The Kier molecular flexibility index (Phi) is 5.05. The van der Waals surface area contributed by atoms with E-state index in [0.29, 0.717) is 43.1 Å². The predicted molar refractivity (Wildman–Crippen MR) is 110 cm³/mol. The molecule has 3 aromatic rings. The number of nitriles is 1. The molecular weight excluding hydrogens is 367 g/mol. The fraction of sp³-hybridized carbons (Fsp3) is 0.217. The van der Waals surface area contributed by atoms with E-state index >= 15 is 0 Å². The molecule has 0 aliphatic carbocycles. The lowest BCUT2D eigenvalue weighted by atomic mass is 10.2. The Bertz CT molecular complexity index is 1070. The van der Waals surface area contributed by atoms with Gasteiger partial charge in [0.05, 0.1) is 11.3 Å². The first-order chi connectivity index (χ1) is 14.1. The van der Waals surface area contributed by atoms with E-state index in [4.69, 9.17) is 0 Å². The minimum Gasteiger partial charge on any atom is -0.366 e. The first-order valence-corrected chi connectivity index (χ1v) is 9.55. The molecule has 1 aliphatic heterocycles. The maximum Gasteiger partial charge on any atom is 0.272 e. The van der Waals surface area contributed by atoms with Gasteiger partial charge in [-0.25, -0.2) is 4.39 Å². The maximum absolute atomic E-state index is 14.1. The van der Waals surface area contributed by atoms with E-state index in [1.165, 1.54) is 6.07 Å². The van der Waals surface area contributed by atoms with E-state index < -0.39 is 0 Å². The second kappa shape index (κ2) is 7.80. The zero-order valence-corrected chi connectivity index (χ0v) is 16.2. The second-order valence-electron chi connectivity index (χ2n) is 7.13. The lowest BCUT2D eigenvalue weighted by Gasteiger charge is -2.36. The van der Waals surface area contributed by atoms with Crippen molar-refractivity contribution < 1.29 is 9.18 Å². The van der Waals surface area contributed by atoms with E-state index in [0.717, 1.165) is 11.3 Å². The maximum atomic E-state index is 14.1. The molecule has 29 heavy (non-hydrogen) atoms. The Morgan fingerprint density at radius 1 is 1.00 bits per heavy atom. The summed E-state index contributed by atoms with van der Waals surface area (Å²) in [5.74, 6) is -0.437. The molecule has 4 rings (SSSR count). The van der Waals surface area contributed by atoms with Gasteiger partial charge in [0.2, 0.25) is 0 Å². The van der Waals surface area contributed by atoms with Crippen molar-refractivity contribution in [2.24, 2.45) is 0 Å². The van der Waals surface area contributed by atoms with E-state index in [2.05, 4.69) is 6.07 Å². The van der Waals surface area contributed by atoms with Crippen LogP contribution in [-0.4, -0.2) is 41.6 Å². The molecule has 1 aromatic heterocycles. The van der Waals surface area contributed by atoms with Crippen molar-refractivity contribution in [2.45, 2.75) is 6.92 Å². The highest BCUT2D eigenvalue weighted by molar-refractivity contribution is 5.96. The molecule has 1 aliphatic rings. The highest BCUT2D eigenvalue weighted by Gasteiger charge is 2.27. The van der Waals surface area contributed by atoms with Gasteiger partial charge in [-0.15, -0.1) is 0 Å². The number of piperazine rings is 1. The Morgan fingerprint density at radius 3 is 2.34 bits per heavy atom. The van der Waals surface area contributed by atoms with Gasteiger partial charge in [0.1, 0.15) is 17.6 Å². The first kappa shape index (κ1) is 18.8. The summed E-state index contributed by atoms with van der Waals surface area (Å²) in [6.07, 6.45) is 1.76. The second-order valence-corrected chi connectivity index (χ2v) is 7.13. The fourth-order valence-electron chi connectivity index (χ4n) is 3.67. The molecule has 6 heteroatoms. The van der Waals surface area contributed by atoms with Crippen molar-refractivity contribution in [1.82, 2.24) is 9.47 Å². The van der Waals surface area contributed by atoms with Gasteiger partial charge in [-0.3, -0.25) is 4.79 Å². The van der Waals surface area contributed by atoms with E-state index in [9.17, 15) is 14.4 Å². The van der Waals surface area contributed by atoms with E-state index in [1.54, 1.807) is 33.9 Å². The normalized spacial score (nSPS) is 14.0. The molecule has 2 aromatic carbocycles. The highest BCUT2D eigenvalue weighted by Crippen LogP contribution is 2.23. The summed E-state index contributed by atoms with van der Waals surface area (Å²) >= 11 is 0. The quantitative estimate of drug-likeness (QED) is 0.687. The number of nitrogens with zero attached hydrogens (tertiary/aromatic N) is 4. The van der Waals surface area contributed by atoms with Gasteiger partial charge in [0, 0.05) is 38.1 Å². The Morgan fingerprint density at radius 2 is 1.69 bits per heavy atom. The molecule has 0 unspecified atom stereocenters. The van der Waals surface area contributed by atoms with Gasteiger partial charge in [0.25, 0.3) is 5.91 Å². The summed E-state index contributed by atoms with van der Waals surface area (Å²) in [6, 6.07) is 18.3. The topological polar surface area (TPSA) is 52.3 Å². The van der Waals surface area contributed by atoms with Crippen LogP contribution >= 0.6 is 0 Å². The number of halogens is 1. The number of carbonyl (C=O) groups is 1. The highest BCUT2D eigenvalue weighted by atomic mass is 19.1. The van der Waals surface area contributed by atoms with E-state index in [1.807, 2.05) is 42.2 Å². The Hall–Kier alpha value is -3.59. The van der Waals surface area contributed by atoms with E-state index in [-0.39, 0.29) is 11.7 Å². The summed E-state index contributed by atoms with van der Waals surface area (Å²) in [5, 5.41) is 9.51. The van der Waals surface area contributed by atoms with Gasteiger partial charge >= 0.3 is 0 Å². The minimum atomic E-state index is -0.257. The number of aryl methyl sites for hydroxylation is 1. The van der Waals surface area contributed by atoms with Crippen LogP contribution in [0.3, 0.4) is 0 Å². The number of hydrogen-bond acceptors (Lipinski definition) is 3. The van der Waals surface area contributed by atoms with Gasteiger partial charge < -0.3 is 14.4 Å². The van der Waals surface area contributed by atoms with Crippen molar-refractivity contribution in [2.75, 3.05) is 31.1 Å². The third-order valence-electron chi connectivity index (χ3n) is 5.28. The van der Waals surface area contributed by atoms with Gasteiger partial charge in [0.15, 0.2) is 0 Å². The molecule has 0 bridgehead atoms. The summed E-state index contributed by atoms with van der Waals surface area (Å²) in [4.78, 5) is 17.0. The Labute approximate surface area is 169 Å². The number of hydrogen-bond donors (Lipinski definition) is 0. The number of para-hydroxylation sites is 1. The number of amides is 1. The van der Waals surface area contributed by atoms with Crippen molar-refractivity contribution in [3.8, 4) is 11.8 Å². The first-order valence-electron chi connectivity index (χ1n) is 9.55. The summed E-state index contributed by atoms with van der Waals surface area (Å²) in [5.41, 5.74) is 3.24. The van der Waals surface area contributed by atoms with Crippen LogP contribution < -0.4 is 4.90 Å². The summed E-state index contributed by atoms with van der Waals surface area (Å²) in [6.45, 7) is 4.02. The van der Waals surface area contributed by atoms with Crippen molar-refractivity contribution >= 4 is 11.6 Å². The lowest BCUT2D eigenvalue weighted by Crippen LogP contribution is -2.49. The monoisotopic (exact) mass is 388 g/mol. The third-order valence-corrected chi connectivity index (χ3v) is 5.28. The van der Waals surface area contributed by atoms with Crippen molar-refractivity contribution in [3.63, 3.8) is 0 Å². The number of rotatable bonds is 3. The molecule has 2 heterocycles. The predicted octanol–water partition coefficient (Wildman–Crippen LogP) is 3.76. The van der Waals surface area contributed by atoms with Gasteiger partial charge in [-0.05, 0) is 37.3 Å². The van der Waals surface area contributed by atoms with Crippen LogP contribution in [0.5, 0.6) is 0 Å². The van der Waals surface area contributed by atoms with Crippen LogP contribution in [0.25, 0.3) is 5.69 Å².